The fourth-order valence-electron chi connectivity index (χ4n) is 2.20. The molecule has 5 nitrogen and oxygen atoms in total. The summed E-state index contributed by atoms with van der Waals surface area (Å²) in [6, 6.07) is 6.11. The number of aromatic carboxylic acids is 1. The normalized spacial score (nSPS) is 18.3. The van der Waals surface area contributed by atoms with Gasteiger partial charge in [0.25, 0.3) is 5.91 Å². The van der Waals surface area contributed by atoms with E-state index in [2.05, 4.69) is 0 Å². The van der Waals surface area contributed by atoms with Gasteiger partial charge in [-0.05, 0) is 24.6 Å². The molecule has 0 saturated carbocycles. The summed E-state index contributed by atoms with van der Waals surface area (Å²) >= 11 is 0. The number of benzene rings is 1. The van der Waals surface area contributed by atoms with Crippen molar-refractivity contribution in [1.82, 2.24) is 4.90 Å². The van der Waals surface area contributed by atoms with Crippen molar-refractivity contribution < 1.29 is 19.4 Å². The minimum atomic E-state index is -1.03. The summed E-state index contributed by atoms with van der Waals surface area (Å²) in [7, 11) is 1.73. The van der Waals surface area contributed by atoms with Gasteiger partial charge in [0.15, 0.2) is 0 Å². The quantitative estimate of drug-likeness (QED) is 0.893. The van der Waals surface area contributed by atoms with Crippen molar-refractivity contribution in [2.45, 2.75) is 6.42 Å². The van der Waals surface area contributed by atoms with Gasteiger partial charge in [-0.1, -0.05) is 6.07 Å². The maximum absolute atomic E-state index is 12.2. The fourth-order valence-corrected chi connectivity index (χ4v) is 2.20. The Labute approximate surface area is 111 Å². The van der Waals surface area contributed by atoms with Crippen LogP contribution in [-0.4, -0.2) is 48.7 Å². The molecule has 1 aliphatic rings. The van der Waals surface area contributed by atoms with Crippen LogP contribution in [0.2, 0.25) is 0 Å². The summed E-state index contributed by atoms with van der Waals surface area (Å²) in [5.74, 6) is -0.812. The summed E-state index contributed by atoms with van der Waals surface area (Å²) < 4.78 is 5.28. The van der Waals surface area contributed by atoms with Crippen LogP contribution in [0.4, 0.5) is 0 Å². The third-order valence-corrected chi connectivity index (χ3v) is 3.26. The summed E-state index contributed by atoms with van der Waals surface area (Å²) in [5.41, 5.74) is 0.532. The summed E-state index contributed by atoms with van der Waals surface area (Å²) in [4.78, 5) is 24.7. The van der Waals surface area contributed by atoms with Crippen LogP contribution in [-0.2, 0) is 4.74 Å². The highest BCUT2D eigenvalue weighted by molar-refractivity contribution is 5.97. The van der Waals surface area contributed by atoms with E-state index in [0.717, 1.165) is 13.0 Å². The first-order valence-corrected chi connectivity index (χ1v) is 6.24. The van der Waals surface area contributed by atoms with Gasteiger partial charge in [0.1, 0.15) is 0 Å². The van der Waals surface area contributed by atoms with Crippen LogP contribution >= 0.6 is 0 Å². The lowest BCUT2D eigenvalue weighted by atomic mass is 10.1. The van der Waals surface area contributed by atoms with Gasteiger partial charge in [0.2, 0.25) is 0 Å². The van der Waals surface area contributed by atoms with E-state index in [9.17, 15) is 9.59 Å². The third kappa shape index (κ3) is 3.32. The van der Waals surface area contributed by atoms with Gasteiger partial charge in [-0.3, -0.25) is 4.79 Å². The maximum atomic E-state index is 12.2. The molecule has 0 bridgehead atoms. The van der Waals surface area contributed by atoms with Crippen molar-refractivity contribution >= 4 is 11.9 Å². The number of carboxylic acid groups (broad SMARTS) is 1. The van der Waals surface area contributed by atoms with Crippen molar-refractivity contribution in [3.05, 3.63) is 35.4 Å². The zero-order chi connectivity index (χ0) is 13.8. The number of carboxylic acids is 1. The second kappa shape index (κ2) is 5.84. The first-order valence-electron chi connectivity index (χ1n) is 6.24. The lowest BCUT2D eigenvalue weighted by Gasteiger charge is -2.20. The Hall–Kier alpha value is -1.88. The Morgan fingerprint density at radius 2 is 2.16 bits per heavy atom. The Morgan fingerprint density at radius 1 is 1.42 bits per heavy atom. The van der Waals surface area contributed by atoms with Gasteiger partial charge in [-0.25, -0.2) is 4.79 Å². The Morgan fingerprint density at radius 3 is 2.79 bits per heavy atom. The van der Waals surface area contributed by atoms with Crippen LogP contribution in [0.25, 0.3) is 0 Å². The number of hydrogen-bond donors (Lipinski definition) is 1. The molecule has 1 saturated heterocycles. The molecule has 1 fully saturated rings. The van der Waals surface area contributed by atoms with Crippen molar-refractivity contribution in [2.75, 3.05) is 26.8 Å². The van der Waals surface area contributed by atoms with Crippen molar-refractivity contribution in [1.29, 1.82) is 0 Å². The number of hydrogen-bond acceptors (Lipinski definition) is 3. The molecule has 1 aromatic rings. The third-order valence-electron chi connectivity index (χ3n) is 3.26. The molecular formula is C14H17NO4. The molecule has 102 valence electrons. The molecule has 2 rings (SSSR count). The smallest absolute Gasteiger partial charge is 0.335 e. The first-order chi connectivity index (χ1) is 9.08. The minimum absolute atomic E-state index is 0.128. The second-order valence-electron chi connectivity index (χ2n) is 4.80. The van der Waals surface area contributed by atoms with Gasteiger partial charge in [-0.15, -0.1) is 0 Å². The molecule has 0 unspecified atom stereocenters. The lowest BCUT2D eigenvalue weighted by Crippen LogP contribution is -2.32. The second-order valence-corrected chi connectivity index (χ2v) is 4.80. The van der Waals surface area contributed by atoms with Gasteiger partial charge in [-0.2, -0.15) is 0 Å². The highest BCUT2D eigenvalue weighted by Gasteiger charge is 2.21. The van der Waals surface area contributed by atoms with Crippen LogP contribution < -0.4 is 0 Å². The zero-order valence-electron chi connectivity index (χ0n) is 10.8. The number of rotatable bonds is 4. The first kappa shape index (κ1) is 13.5. The SMILES string of the molecule is CN(C[C@@H]1CCOC1)C(=O)c1cccc(C(=O)O)c1. The van der Waals surface area contributed by atoms with Crippen LogP contribution in [0.3, 0.4) is 0 Å². The van der Waals surface area contributed by atoms with E-state index >= 15 is 0 Å². The van der Waals surface area contributed by atoms with Crippen molar-refractivity contribution in [2.24, 2.45) is 5.92 Å². The van der Waals surface area contributed by atoms with E-state index in [0.29, 0.717) is 24.6 Å². The van der Waals surface area contributed by atoms with Crippen molar-refractivity contribution in [3.8, 4) is 0 Å². The molecule has 1 aliphatic heterocycles. The number of carbonyl (C=O) groups is 2. The molecule has 19 heavy (non-hydrogen) atoms. The molecule has 5 heteroatoms. The highest BCUT2D eigenvalue weighted by Crippen LogP contribution is 2.15. The van der Waals surface area contributed by atoms with Crippen LogP contribution in [0.15, 0.2) is 24.3 Å². The van der Waals surface area contributed by atoms with Crippen molar-refractivity contribution in [3.63, 3.8) is 0 Å². The number of ether oxygens (including phenoxy) is 1. The molecule has 0 spiro atoms. The van der Waals surface area contributed by atoms with E-state index < -0.39 is 5.97 Å². The van der Waals surface area contributed by atoms with Gasteiger partial charge in [0, 0.05) is 31.7 Å². The average molecular weight is 263 g/mol. The molecule has 1 aromatic carbocycles. The molecule has 1 amide bonds. The Kier molecular flexibility index (Phi) is 4.16. The average Bonchev–Trinajstić information content (AvgIpc) is 2.90. The largest absolute Gasteiger partial charge is 0.478 e. The maximum Gasteiger partial charge on any atom is 0.335 e. The predicted octanol–water partition coefficient (Wildman–Crippen LogP) is 1.49. The van der Waals surface area contributed by atoms with E-state index in [-0.39, 0.29) is 11.5 Å². The minimum Gasteiger partial charge on any atom is -0.478 e. The fraction of sp³-hybridized carbons (Fsp3) is 0.429. The molecule has 0 radical (unpaired) electrons. The summed E-state index contributed by atoms with van der Waals surface area (Å²) in [5, 5.41) is 8.92. The molecule has 0 aromatic heterocycles. The molecule has 1 atom stereocenters. The highest BCUT2D eigenvalue weighted by atomic mass is 16.5. The Balaban J connectivity index is 2.05. The standard InChI is InChI=1S/C14H17NO4/c1-15(8-10-5-6-19-9-10)13(16)11-3-2-4-12(7-11)14(17)18/h2-4,7,10H,5-6,8-9H2,1H3,(H,17,18)/t10-/m0/s1. The van der Waals surface area contributed by atoms with Gasteiger partial charge >= 0.3 is 5.97 Å². The molecule has 1 heterocycles. The van der Waals surface area contributed by atoms with Gasteiger partial charge < -0.3 is 14.7 Å². The van der Waals surface area contributed by atoms with Crippen LogP contribution in [0.1, 0.15) is 27.1 Å². The number of nitrogens with zero attached hydrogens (tertiary/aromatic N) is 1. The monoisotopic (exact) mass is 263 g/mol. The zero-order valence-corrected chi connectivity index (χ0v) is 10.8. The lowest BCUT2D eigenvalue weighted by molar-refractivity contribution is 0.0697. The van der Waals surface area contributed by atoms with Gasteiger partial charge in [0.05, 0.1) is 12.2 Å². The van der Waals surface area contributed by atoms with Crippen LogP contribution in [0, 0.1) is 5.92 Å². The Bertz CT molecular complexity index is 480. The number of carbonyl (C=O) groups excluding carboxylic acids is 1. The van der Waals surface area contributed by atoms with E-state index in [1.165, 1.54) is 12.1 Å². The summed E-state index contributed by atoms with van der Waals surface area (Å²) in [6.07, 6.45) is 0.965. The predicted molar refractivity (Wildman–Crippen MR) is 69.3 cm³/mol. The van der Waals surface area contributed by atoms with E-state index in [1.807, 2.05) is 0 Å². The molecule has 0 aliphatic carbocycles. The van der Waals surface area contributed by atoms with E-state index in [4.69, 9.17) is 9.84 Å². The molecular weight excluding hydrogens is 246 g/mol. The molecule has 1 N–H and O–H groups in total. The van der Waals surface area contributed by atoms with E-state index in [1.54, 1.807) is 24.1 Å². The topological polar surface area (TPSA) is 66.8 Å². The summed E-state index contributed by atoms with van der Waals surface area (Å²) in [6.45, 7) is 2.07. The number of amides is 1. The van der Waals surface area contributed by atoms with Crippen LogP contribution in [0.5, 0.6) is 0 Å².